The molecule has 188 valence electrons. The number of nitrogens with one attached hydrogen (secondary N) is 1. The number of carbonyl (C=O) groups excluding carboxylic acids is 2. The van der Waals surface area contributed by atoms with E-state index in [0.29, 0.717) is 39.7 Å². The van der Waals surface area contributed by atoms with Crippen LogP contribution in [0.2, 0.25) is 0 Å². The molecule has 0 spiro atoms. The number of carbonyl (C=O) groups is 2. The molecule has 3 aromatic carbocycles. The number of alkyl halides is 3. The van der Waals surface area contributed by atoms with E-state index in [-0.39, 0.29) is 6.54 Å². The molecule has 0 saturated carbocycles. The summed E-state index contributed by atoms with van der Waals surface area (Å²) in [7, 11) is 0. The molecule has 1 fully saturated rings. The zero-order valence-electron chi connectivity index (χ0n) is 19.2. The highest BCUT2D eigenvalue weighted by molar-refractivity contribution is 6.23. The molecule has 1 aliphatic heterocycles. The summed E-state index contributed by atoms with van der Waals surface area (Å²) in [4.78, 5) is 28.2. The number of imide groups is 1. The molecule has 1 aliphatic rings. The fourth-order valence-electron chi connectivity index (χ4n) is 3.89. The van der Waals surface area contributed by atoms with E-state index in [9.17, 15) is 31.5 Å². The lowest BCUT2D eigenvalue weighted by atomic mass is 10.0. The van der Waals surface area contributed by atoms with Crippen LogP contribution in [0.15, 0.2) is 60.7 Å². The van der Waals surface area contributed by atoms with Crippen molar-refractivity contribution in [2.75, 3.05) is 16.0 Å². The molecule has 1 heterocycles. The molecule has 0 aliphatic carbocycles. The van der Waals surface area contributed by atoms with Gasteiger partial charge in [0.05, 0.1) is 17.8 Å². The number of anilines is 4. The average molecular weight is 504 g/mol. The van der Waals surface area contributed by atoms with Crippen LogP contribution in [0.25, 0.3) is 0 Å². The number of rotatable bonds is 5. The SMILES string of the molecule is CC1(C)C(=O)N(c2ccc(F)c(C(F)(F)F)c2)C(=O)N1Cc1ccc(F)cc1Nc1ccc(N)cc1. The Hall–Kier alpha value is -4.15. The number of halogens is 5. The first-order valence-electron chi connectivity index (χ1n) is 10.7. The Kier molecular flexibility index (Phi) is 6.11. The Morgan fingerprint density at radius 3 is 2.25 bits per heavy atom. The first-order chi connectivity index (χ1) is 16.8. The van der Waals surface area contributed by atoms with Crippen LogP contribution in [0.1, 0.15) is 25.0 Å². The molecule has 36 heavy (non-hydrogen) atoms. The Bertz CT molecular complexity index is 1340. The normalized spacial score (nSPS) is 15.5. The van der Waals surface area contributed by atoms with E-state index in [1.54, 1.807) is 24.3 Å². The van der Waals surface area contributed by atoms with E-state index in [1.807, 2.05) is 0 Å². The summed E-state index contributed by atoms with van der Waals surface area (Å²) < 4.78 is 67.5. The number of nitrogens with two attached hydrogens (primary N) is 1. The summed E-state index contributed by atoms with van der Waals surface area (Å²) in [5.41, 5.74) is 4.10. The van der Waals surface area contributed by atoms with Gasteiger partial charge in [-0.25, -0.2) is 18.5 Å². The van der Waals surface area contributed by atoms with Crippen molar-refractivity contribution in [3.63, 3.8) is 0 Å². The van der Waals surface area contributed by atoms with Crippen LogP contribution in [-0.4, -0.2) is 22.4 Å². The van der Waals surface area contributed by atoms with E-state index >= 15 is 0 Å². The van der Waals surface area contributed by atoms with Crippen molar-refractivity contribution in [1.29, 1.82) is 0 Å². The third-order valence-corrected chi connectivity index (χ3v) is 5.93. The van der Waals surface area contributed by atoms with Gasteiger partial charge in [0, 0.05) is 17.1 Å². The number of urea groups is 1. The van der Waals surface area contributed by atoms with E-state index in [4.69, 9.17) is 5.73 Å². The number of nitrogen functional groups attached to an aromatic ring is 1. The highest BCUT2D eigenvalue weighted by Crippen LogP contribution is 2.38. The van der Waals surface area contributed by atoms with Crippen LogP contribution in [0.4, 0.5) is 49.5 Å². The lowest BCUT2D eigenvalue weighted by molar-refractivity contribution is -0.140. The van der Waals surface area contributed by atoms with E-state index in [0.717, 1.165) is 11.0 Å². The highest BCUT2D eigenvalue weighted by atomic mass is 19.4. The standard InChI is InChI=1S/C25H21F5N4O2/c1-24(2)22(35)34(18-9-10-20(27)19(12-18)25(28,29)30)23(36)33(24)13-14-3-4-15(26)11-21(14)32-17-7-5-16(31)6-8-17/h3-12,32H,13,31H2,1-2H3. The van der Waals surface area contributed by atoms with Crippen molar-refractivity contribution in [3.8, 4) is 0 Å². The van der Waals surface area contributed by atoms with Crippen LogP contribution < -0.4 is 16.0 Å². The number of hydrogen-bond acceptors (Lipinski definition) is 4. The van der Waals surface area contributed by atoms with Crippen molar-refractivity contribution in [3.05, 3.63) is 83.4 Å². The number of hydrogen-bond donors (Lipinski definition) is 2. The average Bonchev–Trinajstić information content (AvgIpc) is 2.96. The molecular weight excluding hydrogens is 483 g/mol. The monoisotopic (exact) mass is 504 g/mol. The third kappa shape index (κ3) is 4.56. The molecule has 3 amide bonds. The van der Waals surface area contributed by atoms with E-state index in [2.05, 4.69) is 5.32 Å². The smallest absolute Gasteiger partial charge is 0.399 e. The number of benzene rings is 3. The van der Waals surface area contributed by atoms with Crippen LogP contribution >= 0.6 is 0 Å². The largest absolute Gasteiger partial charge is 0.419 e. The van der Waals surface area contributed by atoms with Gasteiger partial charge in [-0.05, 0) is 74.0 Å². The van der Waals surface area contributed by atoms with Crippen LogP contribution in [0, 0.1) is 11.6 Å². The van der Waals surface area contributed by atoms with Gasteiger partial charge in [-0.15, -0.1) is 0 Å². The molecule has 3 N–H and O–H groups in total. The second-order valence-corrected chi connectivity index (χ2v) is 8.78. The van der Waals surface area contributed by atoms with Gasteiger partial charge in [-0.2, -0.15) is 13.2 Å². The molecule has 0 atom stereocenters. The molecule has 4 rings (SSSR count). The minimum Gasteiger partial charge on any atom is -0.399 e. The Balaban J connectivity index is 1.68. The van der Waals surface area contributed by atoms with Crippen LogP contribution in [0.5, 0.6) is 0 Å². The topological polar surface area (TPSA) is 78.7 Å². The Morgan fingerprint density at radius 2 is 1.61 bits per heavy atom. The molecule has 11 heteroatoms. The number of nitrogens with zero attached hydrogens (tertiary/aromatic N) is 2. The van der Waals surface area contributed by atoms with E-state index < -0.39 is 46.5 Å². The maximum atomic E-state index is 14.0. The predicted molar refractivity (Wildman–Crippen MR) is 124 cm³/mol. The zero-order chi connectivity index (χ0) is 26.4. The fraction of sp³-hybridized carbons (Fsp3) is 0.200. The van der Waals surface area contributed by atoms with E-state index in [1.165, 1.54) is 32.0 Å². The van der Waals surface area contributed by atoms with Gasteiger partial charge >= 0.3 is 12.2 Å². The van der Waals surface area contributed by atoms with Gasteiger partial charge in [0.25, 0.3) is 5.91 Å². The molecular formula is C25H21F5N4O2. The summed E-state index contributed by atoms with van der Waals surface area (Å²) in [5.74, 6) is -2.86. The molecule has 1 saturated heterocycles. The minimum atomic E-state index is -5.02. The first-order valence-corrected chi connectivity index (χ1v) is 10.7. The third-order valence-electron chi connectivity index (χ3n) is 5.93. The summed E-state index contributed by atoms with van der Waals surface area (Å²) in [6.45, 7) is 2.72. The second-order valence-electron chi connectivity index (χ2n) is 8.78. The van der Waals surface area contributed by atoms with Crippen molar-refractivity contribution in [2.45, 2.75) is 32.1 Å². The summed E-state index contributed by atoms with van der Waals surface area (Å²) >= 11 is 0. The summed E-state index contributed by atoms with van der Waals surface area (Å²) in [6, 6.07) is 11.5. The predicted octanol–water partition coefficient (Wildman–Crippen LogP) is 6.06. The Morgan fingerprint density at radius 1 is 0.944 bits per heavy atom. The summed E-state index contributed by atoms with van der Waals surface area (Å²) in [5, 5.41) is 3.04. The molecule has 0 unspecified atom stereocenters. The molecule has 0 bridgehead atoms. The second kappa shape index (κ2) is 8.81. The van der Waals surface area contributed by atoms with Crippen molar-refractivity contribution in [2.24, 2.45) is 0 Å². The molecule has 0 radical (unpaired) electrons. The van der Waals surface area contributed by atoms with Crippen LogP contribution in [0.3, 0.4) is 0 Å². The highest BCUT2D eigenvalue weighted by Gasteiger charge is 2.52. The lowest BCUT2D eigenvalue weighted by Crippen LogP contribution is -2.43. The van der Waals surface area contributed by atoms with Gasteiger partial charge in [-0.3, -0.25) is 4.79 Å². The van der Waals surface area contributed by atoms with Crippen molar-refractivity contribution >= 4 is 34.7 Å². The van der Waals surface area contributed by atoms with Gasteiger partial charge < -0.3 is 16.0 Å². The molecule has 6 nitrogen and oxygen atoms in total. The fourth-order valence-corrected chi connectivity index (χ4v) is 3.89. The zero-order valence-corrected chi connectivity index (χ0v) is 19.2. The minimum absolute atomic E-state index is 0.168. The van der Waals surface area contributed by atoms with Gasteiger partial charge in [-0.1, -0.05) is 6.07 Å². The maximum absolute atomic E-state index is 14.0. The molecule has 0 aromatic heterocycles. The molecule has 3 aromatic rings. The maximum Gasteiger partial charge on any atom is 0.419 e. The van der Waals surface area contributed by atoms with Crippen LogP contribution in [-0.2, 0) is 17.5 Å². The summed E-state index contributed by atoms with van der Waals surface area (Å²) in [6.07, 6.45) is -5.02. The lowest BCUT2D eigenvalue weighted by Gasteiger charge is -2.28. The van der Waals surface area contributed by atoms with Crippen molar-refractivity contribution in [1.82, 2.24) is 4.90 Å². The van der Waals surface area contributed by atoms with Crippen molar-refractivity contribution < 1.29 is 31.5 Å². The quantitative estimate of drug-likeness (QED) is 0.252. The van der Waals surface area contributed by atoms with Gasteiger partial charge in [0.15, 0.2) is 0 Å². The first kappa shape index (κ1) is 25.0. The van der Waals surface area contributed by atoms with Gasteiger partial charge in [0.1, 0.15) is 17.2 Å². The number of amides is 3. The Labute approximate surface area is 203 Å². The van der Waals surface area contributed by atoms with Gasteiger partial charge in [0.2, 0.25) is 0 Å².